The molecule has 0 amide bonds. The number of halogens is 3. The van der Waals surface area contributed by atoms with Gasteiger partial charge in [0.1, 0.15) is 0 Å². The summed E-state index contributed by atoms with van der Waals surface area (Å²) in [6.07, 6.45) is 0. The van der Waals surface area contributed by atoms with E-state index >= 15 is 0 Å². The van der Waals surface area contributed by atoms with Gasteiger partial charge < -0.3 is 4.57 Å². The molecule has 112 valence electrons. The number of aromatic nitrogens is 1. The van der Waals surface area contributed by atoms with Gasteiger partial charge in [0.2, 0.25) is 0 Å². The van der Waals surface area contributed by atoms with Gasteiger partial charge in [-0.05, 0) is 30.7 Å². The second kappa shape index (κ2) is 5.96. The molecule has 0 aliphatic carbocycles. The highest BCUT2D eigenvalue weighted by Crippen LogP contribution is 2.32. The van der Waals surface area contributed by atoms with E-state index in [9.17, 15) is 4.79 Å². The van der Waals surface area contributed by atoms with E-state index in [1.807, 2.05) is 31.2 Å². The Morgan fingerprint density at radius 2 is 1.68 bits per heavy atom. The lowest BCUT2D eigenvalue weighted by atomic mass is 10.1. The molecule has 1 aromatic heterocycles. The van der Waals surface area contributed by atoms with Crippen LogP contribution in [0, 0.1) is 6.92 Å². The normalized spacial score (nSPS) is 11.1. The number of para-hydroxylation sites is 1. The molecule has 0 bridgehead atoms. The summed E-state index contributed by atoms with van der Waals surface area (Å²) in [5.74, 6) is 0. The molecule has 3 aromatic rings. The molecule has 0 N–H and O–H groups in total. The van der Waals surface area contributed by atoms with Gasteiger partial charge in [0.15, 0.2) is 0 Å². The van der Waals surface area contributed by atoms with Crippen molar-refractivity contribution in [3.63, 3.8) is 0 Å². The van der Waals surface area contributed by atoms with Crippen molar-refractivity contribution in [1.29, 1.82) is 0 Å². The minimum Gasteiger partial charge on any atom is -0.304 e. The number of nitrogens with zero attached hydrogens (tertiary/aromatic N) is 1. The second-order valence-corrected chi connectivity index (χ2v) is 6.28. The summed E-state index contributed by atoms with van der Waals surface area (Å²) in [4.78, 5) is 12.4. The van der Waals surface area contributed by atoms with Gasteiger partial charge in [-0.2, -0.15) is 0 Å². The van der Waals surface area contributed by atoms with Crippen molar-refractivity contribution in [3.05, 3.63) is 79.0 Å². The number of hydrogen-bond acceptors (Lipinski definition) is 1. The fourth-order valence-electron chi connectivity index (χ4n) is 2.54. The van der Waals surface area contributed by atoms with Crippen LogP contribution < -0.4 is 5.56 Å². The summed E-state index contributed by atoms with van der Waals surface area (Å²) in [7, 11) is 0. The molecular weight excluding hydrogens is 341 g/mol. The van der Waals surface area contributed by atoms with Crippen LogP contribution in [-0.4, -0.2) is 4.57 Å². The zero-order valence-corrected chi connectivity index (χ0v) is 14.0. The predicted molar refractivity (Wildman–Crippen MR) is 93.5 cm³/mol. The molecule has 0 atom stereocenters. The van der Waals surface area contributed by atoms with Gasteiger partial charge in [-0.25, -0.2) is 0 Å². The summed E-state index contributed by atoms with van der Waals surface area (Å²) in [5, 5.41) is 2.32. The van der Waals surface area contributed by atoms with E-state index in [1.165, 1.54) is 0 Å². The highest BCUT2D eigenvalue weighted by Gasteiger charge is 2.13. The van der Waals surface area contributed by atoms with Crippen molar-refractivity contribution in [2.45, 2.75) is 13.5 Å². The van der Waals surface area contributed by atoms with Gasteiger partial charge in [-0.15, -0.1) is 0 Å². The Kier molecular flexibility index (Phi) is 4.18. The minimum atomic E-state index is -0.0942. The van der Waals surface area contributed by atoms with Crippen LogP contribution in [0.4, 0.5) is 0 Å². The van der Waals surface area contributed by atoms with E-state index in [1.54, 1.807) is 22.8 Å². The van der Waals surface area contributed by atoms with Crippen molar-refractivity contribution < 1.29 is 0 Å². The van der Waals surface area contributed by atoms with Gasteiger partial charge in [-0.3, -0.25) is 4.79 Å². The summed E-state index contributed by atoms with van der Waals surface area (Å²) in [6, 6.07) is 12.7. The molecule has 0 aliphatic rings. The van der Waals surface area contributed by atoms with E-state index in [0.29, 0.717) is 20.6 Å². The van der Waals surface area contributed by atoms with Crippen LogP contribution in [0.25, 0.3) is 10.9 Å². The molecule has 2 nitrogen and oxygen atoms in total. The van der Waals surface area contributed by atoms with Crippen LogP contribution in [0.15, 0.2) is 47.3 Å². The monoisotopic (exact) mass is 351 g/mol. The number of pyridine rings is 1. The molecule has 0 spiro atoms. The maximum atomic E-state index is 12.4. The molecule has 0 saturated carbocycles. The molecule has 3 rings (SSSR count). The fraction of sp³-hybridized carbons (Fsp3) is 0.118. The first-order chi connectivity index (χ1) is 10.5. The summed E-state index contributed by atoms with van der Waals surface area (Å²) < 4.78 is 1.66. The van der Waals surface area contributed by atoms with E-state index in [2.05, 4.69) is 0 Å². The Balaban J connectivity index is 2.25. The zero-order chi connectivity index (χ0) is 15.9. The van der Waals surface area contributed by atoms with Gasteiger partial charge in [0.25, 0.3) is 5.56 Å². The van der Waals surface area contributed by atoms with E-state index in [0.717, 1.165) is 16.5 Å². The minimum absolute atomic E-state index is 0.0942. The molecule has 5 heteroatoms. The SMILES string of the molecule is Cc1cc(=O)n(Cc2c(Cl)ccc(Cl)c2Cl)c2ccccc12. The van der Waals surface area contributed by atoms with Gasteiger partial charge in [0.05, 0.1) is 22.1 Å². The molecule has 22 heavy (non-hydrogen) atoms. The summed E-state index contributed by atoms with van der Waals surface area (Å²) >= 11 is 18.5. The predicted octanol–water partition coefficient (Wildman–Crippen LogP) is 5.32. The van der Waals surface area contributed by atoms with Crippen molar-refractivity contribution in [2.24, 2.45) is 0 Å². The average molecular weight is 353 g/mol. The molecule has 0 unspecified atom stereocenters. The Morgan fingerprint density at radius 1 is 1.00 bits per heavy atom. The Morgan fingerprint density at radius 3 is 2.45 bits per heavy atom. The van der Waals surface area contributed by atoms with Crippen LogP contribution in [0.2, 0.25) is 15.1 Å². The third kappa shape index (κ3) is 2.63. The van der Waals surface area contributed by atoms with E-state index in [4.69, 9.17) is 34.8 Å². The maximum Gasteiger partial charge on any atom is 0.251 e. The Labute approximate surface area is 142 Å². The van der Waals surface area contributed by atoms with Crippen LogP contribution in [0.3, 0.4) is 0 Å². The molecule has 0 radical (unpaired) electrons. The van der Waals surface area contributed by atoms with Gasteiger partial charge in [-0.1, -0.05) is 53.0 Å². The van der Waals surface area contributed by atoms with Crippen molar-refractivity contribution in [3.8, 4) is 0 Å². The van der Waals surface area contributed by atoms with Crippen molar-refractivity contribution in [1.82, 2.24) is 4.57 Å². The average Bonchev–Trinajstić information content (AvgIpc) is 2.50. The topological polar surface area (TPSA) is 22.0 Å². The van der Waals surface area contributed by atoms with E-state index in [-0.39, 0.29) is 12.1 Å². The maximum absolute atomic E-state index is 12.4. The van der Waals surface area contributed by atoms with E-state index < -0.39 is 0 Å². The van der Waals surface area contributed by atoms with Crippen LogP contribution in [0.1, 0.15) is 11.1 Å². The molecule has 1 heterocycles. The quantitative estimate of drug-likeness (QED) is 0.572. The lowest BCUT2D eigenvalue weighted by Crippen LogP contribution is -2.21. The van der Waals surface area contributed by atoms with Crippen LogP contribution in [-0.2, 0) is 6.54 Å². The Hall–Kier alpha value is -1.48. The zero-order valence-electron chi connectivity index (χ0n) is 11.7. The second-order valence-electron chi connectivity index (χ2n) is 5.09. The molecule has 0 aliphatic heterocycles. The lowest BCUT2D eigenvalue weighted by molar-refractivity contribution is 0.793. The first kappa shape index (κ1) is 15.4. The molecule has 0 fully saturated rings. The highest BCUT2D eigenvalue weighted by atomic mass is 35.5. The third-order valence-electron chi connectivity index (χ3n) is 3.68. The number of benzene rings is 2. The lowest BCUT2D eigenvalue weighted by Gasteiger charge is -2.14. The number of aryl methyl sites for hydroxylation is 1. The fourth-order valence-corrected chi connectivity index (χ4v) is 3.20. The molecule has 2 aromatic carbocycles. The third-order valence-corrected chi connectivity index (χ3v) is 4.88. The highest BCUT2D eigenvalue weighted by molar-refractivity contribution is 6.44. The van der Waals surface area contributed by atoms with Crippen LogP contribution >= 0.6 is 34.8 Å². The van der Waals surface area contributed by atoms with Gasteiger partial charge in [0, 0.05) is 22.0 Å². The van der Waals surface area contributed by atoms with Crippen molar-refractivity contribution in [2.75, 3.05) is 0 Å². The summed E-state index contributed by atoms with van der Waals surface area (Å²) in [5.41, 5.74) is 2.34. The first-order valence-corrected chi connectivity index (χ1v) is 7.84. The Bertz CT molecular complexity index is 931. The largest absolute Gasteiger partial charge is 0.304 e. The first-order valence-electron chi connectivity index (χ1n) is 6.70. The number of fused-ring (bicyclic) bond motifs is 1. The molecule has 0 saturated heterocycles. The summed E-state index contributed by atoms with van der Waals surface area (Å²) in [6.45, 7) is 2.20. The molecular formula is C17H12Cl3NO. The van der Waals surface area contributed by atoms with Crippen molar-refractivity contribution >= 4 is 45.7 Å². The standard InChI is InChI=1S/C17H12Cl3NO/c1-10-8-16(22)21(15-5-3-2-4-11(10)15)9-12-13(18)6-7-14(19)17(12)20/h2-8H,9H2,1H3. The van der Waals surface area contributed by atoms with Crippen LogP contribution in [0.5, 0.6) is 0 Å². The number of rotatable bonds is 2. The number of hydrogen-bond donors (Lipinski definition) is 0. The smallest absolute Gasteiger partial charge is 0.251 e. The van der Waals surface area contributed by atoms with Gasteiger partial charge >= 0.3 is 0 Å².